The van der Waals surface area contributed by atoms with E-state index in [2.05, 4.69) is 31.2 Å². The van der Waals surface area contributed by atoms with E-state index in [1.54, 1.807) is 45.0 Å². The van der Waals surface area contributed by atoms with Gasteiger partial charge < -0.3 is 0 Å². The summed E-state index contributed by atoms with van der Waals surface area (Å²) in [4.78, 5) is 20.4. The second-order valence-electron chi connectivity index (χ2n) is 4.27. The number of hydrogen-bond acceptors (Lipinski definition) is 4. The van der Waals surface area contributed by atoms with Gasteiger partial charge >= 0.3 is 6.09 Å². The molecule has 0 spiro atoms. The molecule has 0 aliphatic heterocycles. The van der Waals surface area contributed by atoms with Crippen LogP contribution in [-0.4, -0.2) is 11.7 Å². The molecule has 5 nitrogen and oxygen atoms in total. The summed E-state index contributed by atoms with van der Waals surface area (Å²) in [5, 5.41) is 6.80. The second kappa shape index (κ2) is 6.00. The van der Waals surface area contributed by atoms with Gasteiger partial charge in [0.2, 0.25) is 0 Å². The van der Waals surface area contributed by atoms with Gasteiger partial charge in [-0.05, 0) is 50.1 Å². The first-order valence-corrected chi connectivity index (χ1v) is 5.75. The van der Waals surface area contributed by atoms with E-state index in [4.69, 9.17) is 4.89 Å². The lowest BCUT2D eigenvalue weighted by Crippen LogP contribution is -2.22. The van der Waals surface area contributed by atoms with E-state index in [-0.39, 0.29) is 0 Å². The van der Waals surface area contributed by atoms with Gasteiger partial charge in [0.25, 0.3) is 0 Å². The highest BCUT2D eigenvalue weighted by atomic mass is 79.9. The predicted octanol–water partition coefficient (Wildman–Crippen LogP) is 3.66. The van der Waals surface area contributed by atoms with Gasteiger partial charge in [-0.1, -0.05) is 15.9 Å². The minimum Gasteiger partial charge on any atom is -0.289 e. The van der Waals surface area contributed by atoms with Crippen LogP contribution in [0.3, 0.4) is 0 Å². The highest BCUT2D eigenvalue weighted by Crippen LogP contribution is 2.14. The van der Waals surface area contributed by atoms with Gasteiger partial charge in [-0.2, -0.15) is 4.89 Å². The first-order chi connectivity index (χ1) is 7.87. The topological polar surface area (TPSA) is 56.8 Å². The van der Waals surface area contributed by atoms with E-state index >= 15 is 0 Å². The molecule has 1 amide bonds. The second-order valence-corrected chi connectivity index (χ2v) is 5.18. The van der Waals surface area contributed by atoms with Crippen molar-refractivity contribution in [2.75, 3.05) is 5.32 Å². The van der Waals surface area contributed by atoms with Gasteiger partial charge in [0.15, 0.2) is 0 Å². The molecule has 94 valence electrons. The number of amides is 1. The molecule has 0 bridgehead atoms. The zero-order valence-electron chi connectivity index (χ0n) is 9.82. The van der Waals surface area contributed by atoms with E-state index < -0.39 is 11.7 Å². The maximum atomic E-state index is 11.2. The summed E-state index contributed by atoms with van der Waals surface area (Å²) in [6.45, 7) is 5.30. The molecule has 1 aromatic carbocycles. The van der Waals surface area contributed by atoms with Crippen LogP contribution in [0.2, 0.25) is 0 Å². The molecule has 17 heavy (non-hydrogen) atoms. The normalized spacial score (nSPS) is 11.1. The first kappa shape index (κ1) is 14.0. The average molecular weight is 304 g/mol. The van der Waals surface area contributed by atoms with Crippen molar-refractivity contribution in [2.24, 2.45) is 0 Å². The molecule has 0 saturated carbocycles. The molecule has 1 N–H and O–H groups in total. The number of benzene rings is 1. The minimum atomic E-state index is -0.753. The molecule has 0 fully saturated rings. The van der Waals surface area contributed by atoms with Gasteiger partial charge in [0, 0.05) is 10.2 Å². The van der Waals surface area contributed by atoms with Crippen LogP contribution in [0.15, 0.2) is 28.7 Å². The van der Waals surface area contributed by atoms with E-state index in [0.29, 0.717) is 5.69 Å². The van der Waals surface area contributed by atoms with Crippen molar-refractivity contribution in [3.63, 3.8) is 0 Å². The number of nitrogens with one attached hydrogen (secondary N) is 1. The number of halogens is 1. The van der Waals surface area contributed by atoms with Crippen LogP contribution in [0.5, 0.6) is 0 Å². The van der Waals surface area contributed by atoms with E-state index in [1.165, 1.54) is 0 Å². The summed E-state index contributed by atoms with van der Waals surface area (Å²) in [6.07, 6.45) is -0.753. The quantitative estimate of drug-likeness (QED) is 0.684. The summed E-state index contributed by atoms with van der Waals surface area (Å²) in [6, 6.07) is 7.02. The lowest BCUT2D eigenvalue weighted by molar-refractivity contribution is -0.509. The Hall–Kier alpha value is -1.11. The van der Waals surface area contributed by atoms with Crippen molar-refractivity contribution < 1.29 is 19.6 Å². The Balaban J connectivity index is 2.32. The zero-order chi connectivity index (χ0) is 12.9. The molecule has 0 heterocycles. The van der Waals surface area contributed by atoms with Gasteiger partial charge in [-0.3, -0.25) is 5.32 Å². The lowest BCUT2D eigenvalue weighted by atomic mass is 10.2. The predicted molar refractivity (Wildman–Crippen MR) is 66.2 cm³/mol. The molecule has 0 saturated heterocycles. The fraction of sp³-hybridized carbons (Fsp3) is 0.364. The van der Waals surface area contributed by atoms with Crippen molar-refractivity contribution in [1.82, 2.24) is 0 Å². The van der Waals surface area contributed by atoms with E-state index in [1.807, 2.05) is 0 Å². The van der Waals surface area contributed by atoms with Crippen molar-refractivity contribution in [2.45, 2.75) is 26.4 Å². The largest absolute Gasteiger partial charge is 0.446 e. The zero-order valence-corrected chi connectivity index (χ0v) is 11.4. The van der Waals surface area contributed by atoms with Crippen LogP contribution in [-0.2, 0) is 14.8 Å². The molecule has 0 aliphatic rings. The molecule has 1 aromatic rings. The highest BCUT2D eigenvalue weighted by Gasteiger charge is 2.14. The first-order valence-electron chi connectivity index (χ1n) is 4.96. The highest BCUT2D eigenvalue weighted by molar-refractivity contribution is 9.10. The maximum Gasteiger partial charge on any atom is 0.446 e. The summed E-state index contributed by atoms with van der Waals surface area (Å²) in [7, 11) is 0. The van der Waals surface area contributed by atoms with Crippen molar-refractivity contribution in [1.29, 1.82) is 0 Å². The van der Waals surface area contributed by atoms with Gasteiger partial charge in [0.1, 0.15) is 0 Å². The summed E-state index contributed by atoms with van der Waals surface area (Å²) < 4.78 is 0.920. The fourth-order valence-corrected chi connectivity index (χ4v) is 1.09. The monoisotopic (exact) mass is 303 g/mol. The van der Waals surface area contributed by atoms with Crippen molar-refractivity contribution in [3.05, 3.63) is 28.7 Å². The Bertz CT molecular complexity index is 372. The number of rotatable bonds is 3. The van der Waals surface area contributed by atoms with E-state index in [0.717, 1.165) is 4.47 Å². The fourth-order valence-electron chi connectivity index (χ4n) is 0.822. The summed E-state index contributed by atoms with van der Waals surface area (Å²) >= 11 is 3.29. The van der Waals surface area contributed by atoms with Gasteiger partial charge in [0.05, 0.1) is 5.60 Å². The Labute approximate surface area is 108 Å². The third-order valence-electron chi connectivity index (χ3n) is 1.48. The summed E-state index contributed by atoms with van der Waals surface area (Å²) in [5.74, 6) is 0. The minimum absolute atomic E-state index is 0.544. The van der Waals surface area contributed by atoms with E-state index in [9.17, 15) is 4.79 Å². The summed E-state index contributed by atoms with van der Waals surface area (Å²) in [5.41, 5.74) is 0.0512. The number of anilines is 1. The molecule has 0 unspecified atom stereocenters. The molecule has 0 aliphatic carbocycles. The number of carbonyl (C=O) groups excluding carboxylic acids is 1. The Morgan fingerprint density at radius 2 is 1.82 bits per heavy atom. The standard InChI is InChI=1S/C11H14BrNO4/c1-11(2,3)16-17-15-10(14)13-9-6-4-8(12)5-7-9/h4-7H,1-3H3,(H,13,14). The molecule has 0 atom stereocenters. The molecular weight excluding hydrogens is 290 g/mol. The Morgan fingerprint density at radius 3 is 2.35 bits per heavy atom. The number of carbonyl (C=O) groups is 1. The van der Waals surface area contributed by atoms with Gasteiger partial charge in [-0.15, -0.1) is 0 Å². The average Bonchev–Trinajstić information content (AvgIpc) is 2.19. The molecule has 6 heteroatoms. The van der Waals surface area contributed by atoms with Crippen LogP contribution in [0.25, 0.3) is 0 Å². The number of hydrogen-bond donors (Lipinski definition) is 1. The molecule has 1 rings (SSSR count). The molecular formula is C11H14BrNO4. The van der Waals surface area contributed by atoms with Crippen molar-refractivity contribution in [3.8, 4) is 0 Å². The van der Waals surface area contributed by atoms with Crippen LogP contribution < -0.4 is 5.32 Å². The smallest absolute Gasteiger partial charge is 0.289 e. The van der Waals surface area contributed by atoms with Crippen molar-refractivity contribution >= 4 is 27.7 Å². The molecule has 0 aromatic heterocycles. The third kappa shape index (κ3) is 6.25. The van der Waals surface area contributed by atoms with Crippen LogP contribution in [0.1, 0.15) is 20.8 Å². The third-order valence-corrected chi connectivity index (χ3v) is 2.01. The van der Waals surface area contributed by atoms with Crippen LogP contribution >= 0.6 is 15.9 Å². The van der Waals surface area contributed by atoms with Crippen LogP contribution in [0.4, 0.5) is 10.5 Å². The van der Waals surface area contributed by atoms with Gasteiger partial charge in [-0.25, -0.2) is 9.68 Å². The lowest BCUT2D eigenvalue weighted by Gasteiger charge is -2.15. The SMILES string of the molecule is CC(C)(C)OOOC(=O)Nc1ccc(Br)cc1. The molecule has 0 radical (unpaired) electrons. The Kier molecular flexibility index (Phi) is 4.92. The maximum absolute atomic E-state index is 11.2. The van der Waals surface area contributed by atoms with Crippen LogP contribution in [0, 0.1) is 0 Å². The Morgan fingerprint density at radius 1 is 1.24 bits per heavy atom.